The molecular formula is C17H21F3N2O2. The first-order valence-electron chi connectivity index (χ1n) is 8.22. The Kier molecular flexibility index (Phi) is 4.83. The van der Waals surface area contributed by atoms with Crippen LogP contribution in [0.25, 0.3) is 0 Å². The molecule has 1 amide bonds. The fraction of sp³-hybridized carbons (Fsp3) is 0.588. The number of halogens is 3. The van der Waals surface area contributed by atoms with Gasteiger partial charge in [-0.2, -0.15) is 13.2 Å². The fourth-order valence-electron chi connectivity index (χ4n) is 3.50. The number of fused-ring (bicyclic) bond motifs is 1. The SMILES string of the molecule is O=C(C1CCN(CC(O)C(F)(F)F)CC1)N1CCc2ccccc21. The minimum absolute atomic E-state index is 0.0657. The number of likely N-dealkylation sites (tertiary alicyclic amines) is 1. The number of aliphatic hydroxyl groups excluding tert-OH is 1. The molecule has 0 saturated carbocycles. The van der Waals surface area contributed by atoms with E-state index >= 15 is 0 Å². The van der Waals surface area contributed by atoms with E-state index in [0.29, 0.717) is 32.5 Å². The Hall–Kier alpha value is -1.60. The van der Waals surface area contributed by atoms with Gasteiger partial charge in [-0.15, -0.1) is 0 Å². The minimum atomic E-state index is -4.59. The van der Waals surface area contributed by atoms with E-state index < -0.39 is 18.8 Å². The van der Waals surface area contributed by atoms with Gasteiger partial charge in [0.2, 0.25) is 5.91 Å². The van der Waals surface area contributed by atoms with Gasteiger partial charge in [0.05, 0.1) is 0 Å². The molecule has 1 aromatic carbocycles. The van der Waals surface area contributed by atoms with E-state index in [4.69, 9.17) is 5.11 Å². The normalized spacial score (nSPS) is 20.9. The number of piperidine rings is 1. The van der Waals surface area contributed by atoms with Crippen molar-refractivity contribution in [2.24, 2.45) is 5.92 Å². The van der Waals surface area contributed by atoms with Crippen LogP contribution < -0.4 is 4.90 Å². The zero-order valence-corrected chi connectivity index (χ0v) is 13.3. The van der Waals surface area contributed by atoms with Gasteiger partial charge in [0.1, 0.15) is 0 Å². The first kappa shape index (κ1) is 17.2. The average molecular weight is 342 g/mol. The number of hydrogen-bond acceptors (Lipinski definition) is 3. The van der Waals surface area contributed by atoms with Crippen molar-refractivity contribution in [1.82, 2.24) is 4.90 Å². The van der Waals surface area contributed by atoms with Crippen molar-refractivity contribution >= 4 is 11.6 Å². The number of aliphatic hydroxyl groups is 1. The molecule has 2 aliphatic heterocycles. The average Bonchev–Trinajstić information content (AvgIpc) is 2.98. The van der Waals surface area contributed by atoms with Crippen LogP contribution in [0.3, 0.4) is 0 Å². The predicted octanol–water partition coefficient (Wildman–Crippen LogP) is 2.21. The van der Waals surface area contributed by atoms with Gasteiger partial charge < -0.3 is 14.9 Å². The Morgan fingerprint density at radius 2 is 1.88 bits per heavy atom. The first-order chi connectivity index (χ1) is 11.4. The highest BCUT2D eigenvalue weighted by Crippen LogP contribution is 2.31. The maximum Gasteiger partial charge on any atom is 0.415 e. The van der Waals surface area contributed by atoms with Crippen LogP contribution in [0.1, 0.15) is 18.4 Å². The number of carbonyl (C=O) groups is 1. The number of β-amino-alcohol motifs (C(OH)–C–C–N with tert-alkyl or cyclic N) is 1. The van der Waals surface area contributed by atoms with Crippen molar-refractivity contribution in [3.63, 3.8) is 0 Å². The van der Waals surface area contributed by atoms with Crippen molar-refractivity contribution < 1.29 is 23.1 Å². The topological polar surface area (TPSA) is 43.8 Å². The smallest absolute Gasteiger partial charge is 0.382 e. The number of amides is 1. The number of nitrogens with zero attached hydrogens (tertiary/aromatic N) is 2. The molecule has 2 aliphatic rings. The van der Waals surface area contributed by atoms with E-state index in [0.717, 1.165) is 17.7 Å². The second-order valence-corrected chi connectivity index (χ2v) is 6.50. The fourth-order valence-corrected chi connectivity index (χ4v) is 3.50. The quantitative estimate of drug-likeness (QED) is 0.916. The summed E-state index contributed by atoms with van der Waals surface area (Å²) < 4.78 is 37.3. The minimum Gasteiger partial charge on any atom is -0.382 e. The molecule has 1 saturated heterocycles. The Morgan fingerprint density at radius 3 is 2.54 bits per heavy atom. The zero-order valence-electron chi connectivity index (χ0n) is 13.3. The number of anilines is 1. The Bertz CT molecular complexity index is 598. The van der Waals surface area contributed by atoms with Crippen LogP contribution in [0.4, 0.5) is 18.9 Å². The highest BCUT2D eigenvalue weighted by atomic mass is 19.4. The van der Waals surface area contributed by atoms with Crippen LogP contribution in [0, 0.1) is 5.92 Å². The summed E-state index contributed by atoms with van der Waals surface area (Å²) in [6, 6.07) is 7.82. The molecule has 4 nitrogen and oxygen atoms in total. The predicted molar refractivity (Wildman–Crippen MR) is 83.7 cm³/mol. The number of para-hydroxylation sites is 1. The molecular weight excluding hydrogens is 321 g/mol. The highest BCUT2D eigenvalue weighted by molar-refractivity contribution is 5.97. The van der Waals surface area contributed by atoms with Crippen LogP contribution in [0.15, 0.2) is 24.3 Å². The molecule has 7 heteroatoms. The van der Waals surface area contributed by atoms with Crippen molar-refractivity contribution in [2.75, 3.05) is 31.1 Å². The second kappa shape index (κ2) is 6.72. The Labute approximate surface area is 138 Å². The van der Waals surface area contributed by atoms with E-state index in [2.05, 4.69) is 0 Å². The molecule has 3 rings (SSSR count). The standard InChI is InChI=1S/C17H21F3N2O2/c18-17(19,20)15(23)11-21-8-5-13(6-9-21)16(24)22-10-7-12-3-1-2-4-14(12)22/h1-4,13,15,23H,5-11H2. The van der Waals surface area contributed by atoms with E-state index in [-0.39, 0.29) is 11.8 Å². The van der Waals surface area contributed by atoms with Gasteiger partial charge in [0, 0.05) is 24.7 Å². The maximum absolute atomic E-state index is 12.7. The molecule has 132 valence electrons. The summed E-state index contributed by atoms with van der Waals surface area (Å²) >= 11 is 0. The summed E-state index contributed by atoms with van der Waals surface area (Å²) in [6.07, 6.45) is -5.01. The molecule has 0 radical (unpaired) electrons. The zero-order chi connectivity index (χ0) is 17.3. The maximum atomic E-state index is 12.7. The third-order valence-electron chi connectivity index (χ3n) is 4.90. The molecule has 1 atom stereocenters. The number of carbonyl (C=O) groups excluding carboxylic acids is 1. The van der Waals surface area contributed by atoms with E-state index in [9.17, 15) is 18.0 Å². The van der Waals surface area contributed by atoms with E-state index in [1.54, 1.807) is 9.80 Å². The van der Waals surface area contributed by atoms with Gasteiger partial charge in [0.25, 0.3) is 0 Å². The molecule has 0 aromatic heterocycles. The van der Waals surface area contributed by atoms with Gasteiger partial charge in [-0.05, 0) is 44.0 Å². The number of rotatable bonds is 3. The lowest BCUT2D eigenvalue weighted by Gasteiger charge is -2.34. The molecule has 24 heavy (non-hydrogen) atoms. The molecule has 0 aliphatic carbocycles. The van der Waals surface area contributed by atoms with Crippen LogP contribution in [-0.2, 0) is 11.2 Å². The second-order valence-electron chi connectivity index (χ2n) is 6.50. The third kappa shape index (κ3) is 3.57. The summed E-state index contributed by atoms with van der Waals surface area (Å²) in [5.41, 5.74) is 2.12. The van der Waals surface area contributed by atoms with E-state index in [1.165, 1.54) is 0 Å². The lowest BCUT2D eigenvalue weighted by atomic mass is 9.95. The summed E-state index contributed by atoms with van der Waals surface area (Å²) in [6.45, 7) is 1.06. The molecule has 1 N–H and O–H groups in total. The largest absolute Gasteiger partial charge is 0.415 e. The Balaban J connectivity index is 1.55. The Morgan fingerprint density at radius 1 is 1.21 bits per heavy atom. The number of benzene rings is 1. The van der Waals surface area contributed by atoms with Crippen molar-refractivity contribution in [3.8, 4) is 0 Å². The molecule has 1 unspecified atom stereocenters. The third-order valence-corrected chi connectivity index (χ3v) is 4.90. The molecule has 0 bridgehead atoms. The van der Waals surface area contributed by atoms with Gasteiger partial charge in [-0.1, -0.05) is 18.2 Å². The van der Waals surface area contributed by atoms with Gasteiger partial charge in [-0.25, -0.2) is 0 Å². The lowest BCUT2D eigenvalue weighted by molar-refractivity contribution is -0.208. The first-order valence-corrected chi connectivity index (χ1v) is 8.22. The summed E-state index contributed by atoms with van der Waals surface area (Å²) in [7, 11) is 0. The summed E-state index contributed by atoms with van der Waals surface area (Å²) in [5, 5.41) is 9.15. The molecule has 1 aromatic rings. The molecule has 1 fully saturated rings. The van der Waals surface area contributed by atoms with Gasteiger partial charge in [-0.3, -0.25) is 4.79 Å². The summed E-state index contributed by atoms with van der Waals surface area (Å²) in [5.74, 6) is -0.0913. The van der Waals surface area contributed by atoms with Gasteiger partial charge >= 0.3 is 6.18 Å². The van der Waals surface area contributed by atoms with Crippen molar-refractivity contribution in [1.29, 1.82) is 0 Å². The highest BCUT2D eigenvalue weighted by Gasteiger charge is 2.40. The van der Waals surface area contributed by atoms with Crippen LogP contribution in [0.2, 0.25) is 0 Å². The molecule has 2 heterocycles. The van der Waals surface area contributed by atoms with Crippen LogP contribution in [0.5, 0.6) is 0 Å². The molecule has 0 spiro atoms. The van der Waals surface area contributed by atoms with Crippen molar-refractivity contribution in [2.45, 2.75) is 31.5 Å². The summed E-state index contributed by atoms with van der Waals surface area (Å²) in [4.78, 5) is 16.1. The van der Waals surface area contributed by atoms with E-state index in [1.807, 2.05) is 24.3 Å². The van der Waals surface area contributed by atoms with Crippen LogP contribution >= 0.6 is 0 Å². The van der Waals surface area contributed by atoms with Crippen molar-refractivity contribution in [3.05, 3.63) is 29.8 Å². The monoisotopic (exact) mass is 342 g/mol. The number of hydrogen-bond donors (Lipinski definition) is 1. The number of alkyl halides is 3. The lowest BCUT2D eigenvalue weighted by Crippen LogP contribution is -2.46. The van der Waals surface area contributed by atoms with Gasteiger partial charge in [0.15, 0.2) is 6.10 Å². The van der Waals surface area contributed by atoms with Crippen LogP contribution in [-0.4, -0.2) is 54.4 Å².